The summed E-state index contributed by atoms with van der Waals surface area (Å²) in [6, 6.07) is 0.758. The van der Waals surface area contributed by atoms with Gasteiger partial charge in [-0.2, -0.15) is 0 Å². The standard InChI is InChI=1S/C11H17N3O2S/c1-13(9-2-3-9)6-7-14-5-4-12-11(14)17-8-10(15)16/h4-5,9H,2-3,6-8H2,1H3,(H,15,16). The minimum atomic E-state index is -0.806. The van der Waals surface area contributed by atoms with Crippen molar-refractivity contribution in [3.8, 4) is 0 Å². The number of imidazole rings is 1. The summed E-state index contributed by atoms with van der Waals surface area (Å²) in [6.07, 6.45) is 6.24. The highest BCUT2D eigenvalue weighted by atomic mass is 32.2. The van der Waals surface area contributed by atoms with Crippen LogP contribution >= 0.6 is 11.8 Å². The molecular weight excluding hydrogens is 238 g/mol. The first-order chi connectivity index (χ1) is 8.16. The van der Waals surface area contributed by atoms with E-state index in [9.17, 15) is 4.79 Å². The molecule has 1 N–H and O–H groups in total. The molecule has 1 fully saturated rings. The van der Waals surface area contributed by atoms with Crippen molar-refractivity contribution in [3.63, 3.8) is 0 Å². The van der Waals surface area contributed by atoms with Crippen LogP contribution in [0.1, 0.15) is 12.8 Å². The predicted octanol–water partition coefficient (Wildman–Crippen LogP) is 1.15. The van der Waals surface area contributed by atoms with E-state index in [0.717, 1.165) is 24.3 Å². The lowest BCUT2D eigenvalue weighted by Crippen LogP contribution is -2.25. The number of aliphatic carboxylic acids is 1. The Morgan fingerprint density at radius 3 is 3.12 bits per heavy atom. The number of likely N-dealkylation sites (N-methyl/N-ethyl adjacent to an activating group) is 1. The molecule has 1 aliphatic carbocycles. The van der Waals surface area contributed by atoms with E-state index in [-0.39, 0.29) is 5.75 Å². The molecule has 1 aromatic rings. The fourth-order valence-corrected chi connectivity index (χ4v) is 2.40. The van der Waals surface area contributed by atoms with E-state index in [2.05, 4.69) is 16.9 Å². The van der Waals surface area contributed by atoms with Crippen molar-refractivity contribution < 1.29 is 9.90 Å². The van der Waals surface area contributed by atoms with Gasteiger partial charge in [0.25, 0.3) is 0 Å². The molecule has 1 heterocycles. The molecule has 17 heavy (non-hydrogen) atoms. The van der Waals surface area contributed by atoms with Crippen LogP contribution in [0.5, 0.6) is 0 Å². The van der Waals surface area contributed by atoms with Crippen LogP contribution in [0.2, 0.25) is 0 Å². The summed E-state index contributed by atoms with van der Waals surface area (Å²) in [5, 5.41) is 9.42. The first kappa shape index (κ1) is 12.4. The zero-order valence-corrected chi connectivity index (χ0v) is 10.7. The highest BCUT2D eigenvalue weighted by Crippen LogP contribution is 2.25. The molecular formula is C11H17N3O2S. The van der Waals surface area contributed by atoms with Crippen molar-refractivity contribution in [2.45, 2.75) is 30.6 Å². The Bertz CT molecular complexity index is 390. The smallest absolute Gasteiger partial charge is 0.313 e. The van der Waals surface area contributed by atoms with Crippen molar-refractivity contribution in [2.24, 2.45) is 0 Å². The van der Waals surface area contributed by atoms with E-state index in [1.807, 2.05) is 10.8 Å². The number of nitrogens with zero attached hydrogens (tertiary/aromatic N) is 3. The number of carbonyl (C=O) groups is 1. The lowest BCUT2D eigenvalue weighted by atomic mass is 10.5. The Balaban J connectivity index is 1.82. The molecule has 0 spiro atoms. The van der Waals surface area contributed by atoms with E-state index in [1.54, 1.807) is 6.20 Å². The van der Waals surface area contributed by atoms with Crippen molar-refractivity contribution in [2.75, 3.05) is 19.3 Å². The van der Waals surface area contributed by atoms with Crippen LogP contribution in [-0.4, -0.2) is 50.9 Å². The quantitative estimate of drug-likeness (QED) is 0.741. The van der Waals surface area contributed by atoms with E-state index in [1.165, 1.54) is 24.6 Å². The summed E-state index contributed by atoms with van der Waals surface area (Å²) >= 11 is 1.27. The van der Waals surface area contributed by atoms with E-state index in [4.69, 9.17) is 5.11 Å². The summed E-state index contributed by atoms with van der Waals surface area (Å²) in [6.45, 7) is 1.86. The molecule has 2 rings (SSSR count). The monoisotopic (exact) mass is 255 g/mol. The fraction of sp³-hybridized carbons (Fsp3) is 0.636. The Morgan fingerprint density at radius 1 is 1.71 bits per heavy atom. The molecule has 0 bridgehead atoms. The number of carboxylic acid groups (broad SMARTS) is 1. The van der Waals surface area contributed by atoms with Gasteiger partial charge in [0.2, 0.25) is 0 Å². The largest absolute Gasteiger partial charge is 0.481 e. The molecule has 0 atom stereocenters. The maximum Gasteiger partial charge on any atom is 0.313 e. The Kier molecular flexibility index (Phi) is 4.06. The van der Waals surface area contributed by atoms with Gasteiger partial charge in [-0.15, -0.1) is 0 Å². The third kappa shape index (κ3) is 3.74. The average molecular weight is 255 g/mol. The van der Waals surface area contributed by atoms with Crippen LogP contribution in [0.15, 0.2) is 17.6 Å². The van der Waals surface area contributed by atoms with Crippen molar-refractivity contribution >= 4 is 17.7 Å². The van der Waals surface area contributed by atoms with Gasteiger partial charge in [0, 0.05) is 31.5 Å². The molecule has 1 aromatic heterocycles. The molecule has 0 aliphatic heterocycles. The first-order valence-electron chi connectivity index (χ1n) is 5.73. The second kappa shape index (κ2) is 5.55. The molecule has 1 aliphatic rings. The number of hydrogen-bond donors (Lipinski definition) is 1. The lowest BCUT2D eigenvalue weighted by Gasteiger charge is -2.16. The Morgan fingerprint density at radius 2 is 2.47 bits per heavy atom. The number of hydrogen-bond acceptors (Lipinski definition) is 4. The normalized spacial score (nSPS) is 15.4. The van der Waals surface area contributed by atoms with Crippen molar-refractivity contribution in [3.05, 3.63) is 12.4 Å². The second-order valence-corrected chi connectivity index (χ2v) is 5.24. The van der Waals surface area contributed by atoms with Crippen LogP contribution in [-0.2, 0) is 11.3 Å². The summed E-state index contributed by atoms with van der Waals surface area (Å²) in [5.41, 5.74) is 0. The minimum Gasteiger partial charge on any atom is -0.481 e. The molecule has 0 aromatic carbocycles. The van der Waals surface area contributed by atoms with Crippen LogP contribution in [0.3, 0.4) is 0 Å². The van der Waals surface area contributed by atoms with Crippen molar-refractivity contribution in [1.29, 1.82) is 0 Å². The van der Waals surface area contributed by atoms with E-state index < -0.39 is 5.97 Å². The number of aromatic nitrogens is 2. The summed E-state index contributed by atoms with van der Waals surface area (Å²) in [7, 11) is 2.14. The predicted molar refractivity (Wildman–Crippen MR) is 66.2 cm³/mol. The Hall–Kier alpha value is -1.01. The maximum absolute atomic E-state index is 10.5. The van der Waals surface area contributed by atoms with E-state index >= 15 is 0 Å². The van der Waals surface area contributed by atoms with Gasteiger partial charge in [0.1, 0.15) is 0 Å². The molecule has 94 valence electrons. The number of rotatable bonds is 7. The third-order valence-corrected chi connectivity index (χ3v) is 3.86. The van der Waals surface area contributed by atoms with Gasteiger partial charge in [0.05, 0.1) is 5.75 Å². The van der Waals surface area contributed by atoms with Gasteiger partial charge < -0.3 is 14.6 Å². The zero-order valence-electron chi connectivity index (χ0n) is 9.87. The molecule has 0 saturated heterocycles. The van der Waals surface area contributed by atoms with Gasteiger partial charge in [-0.3, -0.25) is 4.79 Å². The molecule has 1 saturated carbocycles. The van der Waals surface area contributed by atoms with Crippen LogP contribution in [0, 0.1) is 0 Å². The van der Waals surface area contributed by atoms with Crippen molar-refractivity contribution in [1.82, 2.24) is 14.5 Å². The van der Waals surface area contributed by atoms with Gasteiger partial charge in [-0.1, -0.05) is 11.8 Å². The average Bonchev–Trinajstić information content (AvgIpc) is 3.04. The van der Waals surface area contributed by atoms with Gasteiger partial charge in [-0.25, -0.2) is 4.98 Å². The number of thioether (sulfide) groups is 1. The summed E-state index contributed by atoms with van der Waals surface area (Å²) in [4.78, 5) is 17.0. The Labute approximate surface area is 105 Å². The SMILES string of the molecule is CN(CCn1ccnc1SCC(=O)O)C1CC1. The third-order valence-electron chi connectivity index (χ3n) is 2.87. The topological polar surface area (TPSA) is 58.4 Å². The zero-order chi connectivity index (χ0) is 12.3. The van der Waals surface area contributed by atoms with Gasteiger partial charge in [-0.05, 0) is 19.9 Å². The minimum absolute atomic E-state index is 0.0650. The molecule has 0 radical (unpaired) electrons. The first-order valence-corrected chi connectivity index (χ1v) is 6.71. The van der Waals surface area contributed by atoms with Crippen LogP contribution in [0.25, 0.3) is 0 Å². The summed E-state index contributed by atoms with van der Waals surface area (Å²) in [5.74, 6) is -0.741. The van der Waals surface area contributed by atoms with E-state index in [0.29, 0.717) is 0 Å². The molecule has 0 unspecified atom stereocenters. The highest BCUT2D eigenvalue weighted by Gasteiger charge is 2.25. The molecule has 0 amide bonds. The second-order valence-electron chi connectivity index (χ2n) is 4.30. The van der Waals surface area contributed by atoms with Gasteiger partial charge >= 0.3 is 5.97 Å². The highest BCUT2D eigenvalue weighted by molar-refractivity contribution is 7.99. The fourth-order valence-electron chi connectivity index (χ4n) is 1.70. The number of carboxylic acids is 1. The van der Waals surface area contributed by atoms with Crippen LogP contribution < -0.4 is 0 Å². The molecule has 5 nitrogen and oxygen atoms in total. The lowest BCUT2D eigenvalue weighted by molar-refractivity contribution is -0.133. The summed E-state index contributed by atoms with van der Waals surface area (Å²) < 4.78 is 2.02. The maximum atomic E-state index is 10.5. The molecule has 6 heteroatoms. The van der Waals surface area contributed by atoms with Gasteiger partial charge in [0.15, 0.2) is 5.16 Å². The van der Waals surface area contributed by atoms with Crippen LogP contribution in [0.4, 0.5) is 0 Å².